The molecule has 0 atom stereocenters. The zero-order chi connectivity index (χ0) is 21.0. The van der Waals surface area contributed by atoms with E-state index in [1.807, 2.05) is 30.9 Å². The predicted molar refractivity (Wildman–Crippen MR) is 110 cm³/mol. The summed E-state index contributed by atoms with van der Waals surface area (Å²) in [5.41, 5.74) is 1.81. The molecule has 2 saturated heterocycles. The van der Waals surface area contributed by atoms with Crippen molar-refractivity contribution in [2.45, 2.75) is 56.5 Å². The summed E-state index contributed by atoms with van der Waals surface area (Å²) in [6.07, 6.45) is 2.90. The lowest BCUT2D eigenvalue weighted by Crippen LogP contribution is -2.54. The molecule has 1 aromatic carbocycles. The summed E-state index contributed by atoms with van der Waals surface area (Å²) in [5.74, 6) is -0.0184. The molecule has 2 aliphatic rings. The molecule has 0 saturated carbocycles. The molecule has 0 N–H and O–H groups in total. The Balaban J connectivity index is 1.72. The summed E-state index contributed by atoms with van der Waals surface area (Å²) in [6, 6.07) is 5.60. The molecule has 8 heteroatoms. The largest absolute Gasteiger partial charge is 0.381 e. The number of piperidine rings is 1. The summed E-state index contributed by atoms with van der Waals surface area (Å²) in [6.45, 7) is 5.99. The number of rotatable bonds is 6. The van der Waals surface area contributed by atoms with Crippen molar-refractivity contribution in [1.82, 2.24) is 9.21 Å². The minimum absolute atomic E-state index is 0.0184. The molecule has 2 fully saturated rings. The molecule has 0 unspecified atom stereocenters. The van der Waals surface area contributed by atoms with Crippen LogP contribution in [0.5, 0.6) is 0 Å². The number of amides is 1. The van der Waals surface area contributed by atoms with Crippen LogP contribution in [0.25, 0.3) is 0 Å². The normalized spacial score (nSPS) is 20.0. The Hall–Kier alpha value is -1.48. The highest BCUT2D eigenvalue weighted by atomic mass is 32.2. The van der Waals surface area contributed by atoms with Crippen LogP contribution in [0.2, 0.25) is 0 Å². The maximum atomic E-state index is 13.1. The van der Waals surface area contributed by atoms with Crippen LogP contribution >= 0.6 is 0 Å². The Morgan fingerprint density at radius 2 is 1.76 bits per heavy atom. The average molecular weight is 425 g/mol. The zero-order valence-corrected chi connectivity index (χ0v) is 18.4. The van der Waals surface area contributed by atoms with Gasteiger partial charge in [-0.3, -0.25) is 4.79 Å². The average Bonchev–Trinajstić information content (AvgIpc) is 2.69. The Labute approximate surface area is 174 Å². The van der Waals surface area contributed by atoms with Crippen LogP contribution in [-0.4, -0.2) is 75.6 Å². The number of ether oxygens (including phenoxy) is 2. The molecule has 3 rings (SSSR count). The van der Waals surface area contributed by atoms with Gasteiger partial charge in [-0.05, 0) is 51.2 Å². The van der Waals surface area contributed by atoms with Gasteiger partial charge in [0.05, 0.1) is 4.90 Å². The van der Waals surface area contributed by atoms with Crippen LogP contribution in [0.4, 0.5) is 0 Å². The number of aryl methyl sites for hydroxylation is 2. The molecular formula is C21H32N2O5S. The highest BCUT2D eigenvalue weighted by molar-refractivity contribution is 7.89. The Morgan fingerprint density at radius 1 is 1.14 bits per heavy atom. The van der Waals surface area contributed by atoms with Crippen molar-refractivity contribution in [1.29, 1.82) is 0 Å². The lowest BCUT2D eigenvalue weighted by Gasteiger charge is -2.43. The van der Waals surface area contributed by atoms with E-state index >= 15 is 0 Å². The number of hydrogen-bond acceptors (Lipinski definition) is 5. The highest BCUT2D eigenvalue weighted by Gasteiger charge is 2.37. The minimum atomic E-state index is -3.53. The van der Waals surface area contributed by atoms with Gasteiger partial charge in [0.15, 0.2) is 0 Å². The monoisotopic (exact) mass is 424 g/mol. The molecule has 0 bridgehead atoms. The third-order valence-corrected chi connectivity index (χ3v) is 7.96. The number of carbonyl (C=O) groups is 1. The third kappa shape index (κ3) is 4.99. The number of sulfonamides is 1. The van der Waals surface area contributed by atoms with E-state index in [0.717, 1.165) is 24.0 Å². The molecule has 1 aromatic rings. The summed E-state index contributed by atoms with van der Waals surface area (Å²) < 4.78 is 38.4. The van der Waals surface area contributed by atoms with Gasteiger partial charge in [-0.25, -0.2) is 8.42 Å². The molecule has 162 valence electrons. The third-order valence-electron chi connectivity index (χ3n) is 5.91. The molecule has 29 heavy (non-hydrogen) atoms. The number of carbonyl (C=O) groups excluding carboxylic acids is 1. The molecule has 2 aliphatic heterocycles. The molecular weight excluding hydrogens is 392 g/mol. The summed E-state index contributed by atoms with van der Waals surface area (Å²) >= 11 is 0. The lowest BCUT2D eigenvalue weighted by atomic mass is 9.98. The SMILES string of the molecule is COCC(=O)N(C1CCOCC1)C1CCN(S(=O)(=O)c2ccc(C)cc2C)CC1. The van der Waals surface area contributed by atoms with E-state index in [2.05, 4.69) is 0 Å². The highest BCUT2D eigenvalue weighted by Crippen LogP contribution is 2.28. The van der Waals surface area contributed by atoms with E-state index in [1.165, 1.54) is 7.11 Å². The first-order chi connectivity index (χ1) is 13.8. The van der Waals surface area contributed by atoms with Gasteiger partial charge < -0.3 is 14.4 Å². The molecule has 2 heterocycles. The predicted octanol–water partition coefficient (Wildman–Crippen LogP) is 2.11. The topological polar surface area (TPSA) is 76.2 Å². The second-order valence-electron chi connectivity index (χ2n) is 7.98. The van der Waals surface area contributed by atoms with E-state index in [9.17, 15) is 13.2 Å². The zero-order valence-electron chi connectivity index (χ0n) is 17.6. The molecule has 0 aromatic heterocycles. The standard InChI is InChI=1S/C21H32N2O5S/c1-16-4-5-20(17(2)14-16)29(25,26)22-10-6-18(7-11-22)23(21(24)15-27-3)19-8-12-28-13-9-19/h4-5,14,18-19H,6-13,15H2,1-3H3. The van der Waals surface area contributed by atoms with Crippen LogP contribution in [0, 0.1) is 13.8 Å². The molecule has 1 amide bonds. The van der Waals surface area contributed by atoms with Crippen molar-refractivity contribution in [3.8, 4) is 0 Å². The Morgan fingerprint density at radius 3 is 2.34 bits per heavy atom. The van der Waals surface area contributed by atoms with Gasteiger partial charge in [-0.2, -0.15) is 4.31 Å². The first-order valence-corrected chi connectivity index (χ1v) is 11.7. The van der Waals surface area contributed by atoms with Gasteiger partial charge in [0, 0.05) is 45.5 Å². The first-order valence-electron chi connectivity index (χ1n) is 10.3. The van der Waals surface area contributed by atoms with Gasteiger partial charge in [0.1, 0.15) is 6.61 Å². The lowest BCUT2D eigenvalue weighted by molar-refractivity contribution is -0.143. The second kappa shape index (κ2) is 9.55. The van der Waals surface area contributed by atoms with Crippen LogP contribution in [-0.2, 0) is 24.3 Å². The minimum Gasteiger partial charge on any atom is -0.381 e. The fourth-order valence-corrected chi connectivity index (χ4v) is 6.13. The van der Waals surface area contributed by atoms with Gasteiger partial charge in [0.25, 0.3) is 0 Å². The number of methoxy groups -OCH3 is 1. The van der Waals surface area contributed by atoms with E-state index in [-0.39, 0.29) is 24.6 Å². The maximum Gasteiger partial charge on any atom is 0.249 e. The van der Waals surface area contributed by atoms with Gasteiger partial charge in [-0.15, -0.1) is 0 Å². The van der Waals surface area contributed by atoms with Crippen molar-refractivity contribution in [3.05, 3.63) is 29.3 Å². The van der Waals surface area contributed by atoms with Crippen LogP contribution < -0.4 is 0 Å². The molecule has 0 spiro atoms. The second-order valence-corrected chi connectivity index (χ2v) is 9.89. The Bertz CT molecular complexity index is 812. The smallest absolute Gasteiger partial charge is 0.249 e. The summed E-state index contributed by atoms with van der Waals surface area (Å²) in [4.78, 5) is 15.1. The van der Waals surface area contributed by atoms with Gasteiger partial charge >= 0.3 is 0 Å². The summed E-state index contributed by atoms with van der Waals surface area (Å²) in [5, 5.41) is 0. The number of benzene rings is 1. The maximum absolute atomic E-state index is 13.1. The van der Waals surface area contributed by atoms with E-state index < -0.39 is 10.0 Å². The summed E-state index contributed by atoms with van der Waals surface area (Å²) in [7, 11) is -2.00. The molecule has 0 aliphatic carbocycles. The van der Waals surface area contributed by atoms with Crippen molar-refractivity contribution < 1.29 is 22.7 Å². The van der Waals surface area contributed by atoms with Crippen LogP contribution in [0.15, 0.2) is 23.1 Å². The van der Waals surface area contributed by atoms with Crippen molar-refractivity contribution in [3.63, 3.8) is 0 Å². The van der Waals surface area contributed by atoms with Crippen LogP contribution in [0.1, 0.15) is 36.8 Å². The Kier molecular flexibility index (Phi) is 7.32. The molecule has 7 nitrogen and oxygen atoms in total. The number of nitrogens with zero attached hydrogens (tertiary/aromatic N) is 2. The van der Waals surface area contributed by atoms with E-state index in [0.29, 0.717) is 44.0 Å². The van der Waals surface area contributed by atoms with Crippen molar-refractivity contribution in [2.24, 2.45) is 0 Å². The molecule has 0 radical (unpaired) electrons. The van der Waals surface area contributed by atoms with E-state index in [4.69, 9.17) is 9.47 Å². The van der Waals surface area contributed by atoms with Gasteiger partial charge in [-0.1, -0.05) is 17.7 Å². The fraction of sp³-hybridized carbons (Fsp3) is 0.667. The van der Waals surface area contributed by atoms with Crippen LogP contribution in [0.3, 0.4) is 0 Å². The first kappa shape index (κ1) is 22.2. The van der Waals surface area contributed by atoms with Crippen molar-refractivity contribution >= 4 is 15.9 Å². The fourth-order valence-electron chi connectivity index (χ4n) is 4.46. The van der Waals surface area contributed by atoms with Gasteiger partial charge in [0.2, 0.25) is 15.9 Å². The van der Waals surface area contributed by atoms with Crippen molar-refractivity contribution in [2.75, 3.05) is 40.0 Å². The van der Waals surface area contributed by atoms with E-state index in [1.54, 1.807) is 10.4 Å². The quantitative estimate of drug-likeness (QED) is 0.699. The number of hydrogen-bond donors (Lipinski definition) is 0.